The molecule has 1 heterocycles. The van der Waals surface area contributed by atoms with Gasteiger partial charge in [-0.05, 0) is 88.6 Å². The van der Waals surface area contributed by atoms with Crippen molar-refractivity contribution in [2.75, 3.05) is 20.6 Å². The molecule has 0 bridgehead atoms. The lowest BCUT2D eigenvalue weighted by Crippen LogP contribution is -2.68. The van der Waals surface area contributed by atoms with Gasteiger partial charge in [-0.3, -0.25) is 14.5 Å². The molecule has 1 aromatic heterocycles. The molecule has 320 valence electrons. The van der Waals surface area contributed by atoms with Crippen molar-refractivity contribution in [2.24, 2.45) is 17.3 Å². The van der Waals surface area contributed by atoms with E-state index in [0.717, 1.165) is 11.1 Å². The molecular weight excluding hydrogens is 846 g/mol. The standard InChI is InChI=1S/C47H57BrFN3O7Si/c1-45(2,3)26-50-23-31-36(48)40(56-24-27-17-13-11-14-18-27)34-30(37(31)49)21-29-22-32-38(52(7)8)41-35(44(51-58-41)57-25-28-19-15-12-16-20-28)43(55)47(32,42(54)33(29)39(34)53)59-60(9,10)46(4,5)6/h11-20,29,32,38,50,53H,21-26H2,1-10H3/t29-,32-,38-,47-/m0/s1. The number of nitrogens with one attached hydrogen (secondary N) is 1. The van der Waals surface area contributed by atoms with Crippen LogP contribution in [0.4, 0.5) is 4.39 Å². The van der Waals surface area contributed by atoms with Crippen LogP contribution in [0.2, 0.25) is 18.1 Å². The molecule has 3 aromatic carbocycles. The monoisotopic (exact) mass is 901 g/mol. The molecule has 2 N–H and O–H groups in total. The number of aliphatic hydroxyl groups excluding tert-OH is 1. The minimum absolute atomic E-state index is 0.0281. The number of carbonyl (C=O) groups excluding carboxylic acids is 2. The first-order chi connectivity index (χ1) is 28.2. The molecule has 60 heavy (non-hydrogen) atoms. The second kappa shape index (κ2) is 16.3. The third-order valence-electron chi connectivity index (χ3n) is 12.6. The van der Waals surface area contributed by atoms with Crippen LogP contribution in [0.3, 0.4) is 0 Å². The quantitative estimate of drug-likeness (QED) is 0.105. The lowest BCUT2D eigenvalue weighted by Gasteiger charge is -2.55. The SMILES string of the molecule is CN(C)[C@@H]1c2onc(OCc3ccccc3)c2C(=O)[C@@]2(O[Si](C)(C)C(C)(C)C)C(=O)C3=C(O)c4c(c(F)c(CNCC(C)(C)C)c(Br)c4OCc4ccccc4)C[C@H]3C[C@@H]12. The van der Waals surface area contributed by atoms with E-state index in [1.54, 1.807) is 0 Å². The zero-order valence-corrected chi connectivity index (χ0v) is 38.9. The average Bonchev–Trinajstić information content (AvgIpc) is 3.59. The van der Waals surface area contributed by atoms with Crippen LogP contribution in [-0.4, -0.2) is 61.3 Å². The number of aliphatic hydroxyl groups is 1. The summed E-state index contributed by atoms with van der Waals surface area (Å²) in [5.41, 5.74) is 0.383. The van der Waals surface area contributed by atoms with Gasteiger partial charge in [0.2, 0.25) is 11.6 Å². The predicted molar refractivity (Wildman–Crippen MR) is 235 cm³/mol. The van der Waals surface area contributed by atoms with E-state index in [4.69, 9.17) is 18.4 Å². The van der Waals surface area contributed by atoms with Crippen molar-refractivity contribution in [3.8, 4) is 11.6 Å². The van der Waals surface area contributed by atoms with E-state index in [9.17, 15) is 5.11 Å². The van der Waals surface area contributed by atoms with E-state index in [2.05, 4.69) is 67.9 Å². The van der Waals surface area contributed by atoms with Crippen molar-refractivity contribution in [1.29, 1.82) is 0 Å². The van der Waals surface area contributed by atoms with Crippen LogP contribution in [0.1, 0.15) is 97.9 Å². The third-order valence-corrected chi connectivity index (χ3v) is 17.9. The zero-order valence-electron chi connectivity index (χ0n) is 36.3. The van der Waals surface area contributed by atoms with Crippen LogP contribution in [0.15, 0.2) is 75.2 Å². The third kappa shape index (κ3) is 7.80. The topological polar surface area (TPSA) is 123 Å². The first-order valence-electron chi connectivity index (χ1n) is 20.6. The second-order valence-electron chi connectivity index (χ2n) is 19.4. The van der Waals surface area contributed by atoms with Crippen LogP contribution in [0, 0.1) is 23.1 Å². The van der Waals surface area contributed by atoms with Crippen LogP contribution < -0.4 is 14.8 Å². The van der Waals surface area contributed by atoms with Crippen LogP contribution in [-0.2, 0) is 35.4 Å². The van der Waals surface area contributed by atoms with Gasteiger partial charge >= 0.3 is 0 Å². The first kappa shape index (κ1) is 43.9. The van der Waals surface area contributed by atoms with Gasteiger partial charge in [-0.2, -0.15) is 0 Å². The number of rotatable bonds is 12. The van der Waals surface area contributed by atoms with Gasteiger partial charge in [0.05, 0.1) is 16.1 Å². The fourth-order valence-electron chi connectivity index (χ4n) is 8.64. The number of halogens is 2. The average molecular weight is 903 g/mol. The maximum atomic E-state index is 17.2. The van der Waals surface area contributed by atoms with Crippen molar-refractivity contribution < 1.29 is 37.5 Å². The molecule has 0 amide bonds. The Morgan fingerprint density at radius 3 is 2.12 bits per heavy atom. The zero-order chi connectivity index (χ0) is 43.5. The van der Waals surface area contributed by atoms with Crippen molar-refractivity contribution in [1.82, 2.24) is 15.4 Å². The Labute approximate surface area is 362 Å². The molecule has 4 aromatic rings. The lowest BCUT2D eigenvalue weighted by atomic mass is 9.57. The molecular formula is C47H57BrFN3O7Si. The summed E-state index contributed by atoms with van der Waals surface area (Å²) in [4.78, 5) is 33.4. The highest BCUT2D eigenvalue weighted by Gasteiger charge is 2.69. The molecule has 3 aliphatic rings. The van der Waals surface area contributed by atoms with Crippen LogP contribution in [0.5, 0.6) is 11.6 Å². The smallest absolute Gasteiger partial charge is 0.265 e. The maximum absolute atomic E-state index is 17.2. The summed E-state index contributed by atoms with van der Waals surface area (Å²) in [5.74, 6) is -3.12. The summed E-state index contributed by atoms with van der Waals surface area (Å²) in [6.45, 7) is 17.5. The molecule has 7 rings (SSSR count). The predicted octanol–water partition coefficient (Wildman–Crippen LogP) is 10.2. The number of hydrogen-bond donors (Lipinski definition) is 2. The van der Waals surface area contributed by atoms with Gasteiger partial charge in [0.15, 0.2) is 19.7 Å². The highest BCUT2D eigenvalue weighted by Crippen LogP contribution is 2.59. The summed E-state index contributed by atoms with van der Waals surface area (Å²) >= 11 is 3.68. The normalized spacial score (nSPS) is 21.7. The van der Waals surface area contributed by atoms with E-state index < -0.39 is 60.0 Å². The Hall–Kier alpha value is -4.14. The highest BCUT2D eigenvalue weighted by molar-refractivity contribution is 9.10. The van der Waals surface area contributed by atoms with E-state index in [1.165, 1.54) is 0 Å². The maximum Gasteiger partial charge on any atom is 0.265 e. The van der Waals surface area contributed by atoms with Gasteiger partial charge in [-0.25, -0.2) is 4.39 Å². The van der Waals surface area contributed by atoms with Crippen LogP contribution in [0.25, 0.3) is 5.76 Å². The van der Waals surface area contributed by atoms with Crippen molar-refractivity contribution in [3.63, 3.8) is 0 Å². The van der Waals surface area contributed by atoms with Gasteiger partial charge < -0.3 is 28.8 Å². The van der Waals surface area contributed by atoms with Gasteiger partial charge in [-0.1, -0.05) is 102 Å². The van der Waals surface area contributed by atoms with E-state index in [-0.39, 0.29) is 77.7 Å². The molecule has 0 aliphatic heterocycles. The van der Waals surface area contributed by atoms with Crippen molar-refractivity contribution in [3.05, 3.63) is 116 Å². The number of aromatic nitrogens is 1. The molecule has 0 unspecified atom stereocenters. The number of benzene rings is 3. The molecule has 13 heteroatoms. The minimum Gasteiger partial charge on any atom is -0.507 e. The Bertz CT molecular complexity index is 2320. The van der Waals surface area contributed by atoms with Gasteiger partial charge in [0.1, 0.15) is 36.1 Å². The molecule has 0 saturated heterocycles. The van der Waals surface area contributed by atoms with Gasteiger partial charge in [0, 0.05) is 35.7 Å². The fourth-order valence-corrected chi connectivity index (χ4v) is 10.7. The van der Waals surface area contributed by atoms with Gasteiger partial charge in [-0.15, -0.1) is 0 Å². The molecule has 1 fully saturated rings. The number of nitrogens with zero attached hydrogens (tertiary/aromatic N) is 2. The number of ether oxygens (including phenoxy) is 2. The molecule has 10 nitrogen and oxygen atoms in total. The summed E-state index contributed by atoms with van der Waals surface area (Å²) in [5, 5.41) is 19.9. The number of Topliss-reactive ketones (excluding diaryl/α,β-unsaturated/α-hetero) is 2. The largest absolute Gasteiger partial charge is 0.507 e. The van der Waals surface area contributed by atoms with Crippen molar-refractivity contribution in [2.45, 2.75) is 104 Å². The minimum atomic E-state index is -2.97. The Kier molecular flexibility index (Phi) is 11.9. The van der Waals surface area contributed by atoms with E-state index >= 15 is 14.0 Å². The van der Waals surface area contributed by atoms with Crippen LogP contribution >= 0.6 is 15.9 Å². The number of carbonyl (C=O) groups is 2. The molecule has 3 aliphatic carbocycles. The van der Waals surface area contributed by atoms with E-state index in [0.29, 0.717) is 16.6 Å². The molecule has 4 atom stereocenters. The Morgan fingerprint density at radius 2 is 1.55 bits per heavy atom. The lowest BCUT2D eigenvalue weighted by molar-refractivity contribution is -0.140. The van der Waals surface area contributed by atoms with Gasteiger partial charge in [0.25, 0.3) is 5.88 Å². The molecule has 0 spiro atoms. The second-order valence-corrected chi connectivity index (χ2v) is 24.9. The Morgan fingerprint density at radius 1 is 0.950 bits per heavy atom. The summed E-state index contributed by atoms with van der Waals surface area (Å²) < 4.78 is 43.5. The molecule has 1 saturated carbocycles. The number of ketones is 2. The molecule has 0 radical (unpaired) electrons. The summed E-state index contributed by atoms with van der Waals surface area (Å²) in [6, 6.07) is 18.4. The Balaban J connectivity index is 1.42. The summed E-state index contributed by atoms with van der Waals surface area (Å²) in [6.07, 6.45) is 0.296. The van der Waals surface area contributed by atoms with E-state index in [1.807, 2.05) is 92.8 Å². The number of hydrogen-bond acceptors (Lipinski definition) is 10. The highest BCUT2D eigenvalue weighted by atomic mass is 79.9. The number of fused-ring (bicyclic) bond motifs is 4. The summed E-state index contributed by atoms with van der Waals surface area (Å²) in [7, 11) is 0.761. The van der Waals surface area contributed by atoms with Crippen molar-refractivity contribution >= 4 is 41.6 Å². The fraction of sp³-hybridized carbons (Fsp3) is 0.468. The first-order valence-corrected chi connectivity index (χ1v) is 24.3.